The number of nitrogens with zero attached hydrogens (tertiary/aromatic N) is 1. The summed E-state index contributed by atoms with van der Waals surface area (Å²) < 4.78 is 11.1. The van der Waals surface area contributed by atoms with E-state index < -0.39 is 0 Å². The van der Waals surface area contributed by atoms with Crippen LogP contribution in [0.2, 0.25) is 0 Å². The van der Waals surface area contributed by atoms with Gasteiger partial charge in [-0.15, -0.1) is 0 Å². The smallest absolute Gasteiger partial charge is 0.0623 e. The van der Waals surface area contributed by atoms with Gasteiger partial charge in [-0.25, -0.2) is 0 Å². The summed E-state index contributed by atoms with van der Waals surface area (Å²) in [6, 6.07) is 1.13. The molecule has 0 bridgehead atoms. The molecule has 2 aliphatic rings. The van der Waals surface area contributed by atoms with E-state index >= 15 is 0 Å². The molecule has 2 fully saturated rings. The van der Waals surface area contributed by atoms with Gasteiger partial charge in [-0.3, -0.25) is 4.90 Å². The van der Waals surface area contributed by atoms with E-state index in [1.54, 1.807) is 0 Å². The van der Waals surface area contributed by atoms with Crippen molar-refractivity contribution in [1.29, 1.82) is 0 Å². The molecule has 3 atom stereocenters. The molecule has 0 aromatic rings. The predicted molar refractivity (Wildman–Crippen MR) is 63.6 cm³/mol. The van der Waals surface area contributed by atoms with Gasteiger partial charge in [0, 0.05) is 31.1 Å². The number of morpholine rings is 1. The van der Waals surface area contributed by atoms with Gasteiger partial charge >= 0.3 is 0 Å². The summed E-state index contributed by atoms with van der Waals surface area (Å²) in [7, 11) is 2.03. The molecule has 2 aliphatic heterocycles. The van der Waals surface area contributed by atoms with Gasteiger partial charge in [-0.2, -0.15) is 0 Å². The van der Waals surface area contributed by atoms with Gasteiger partial charge in [0.2, 0.25) is 0 Å². The van der Waals surface area contributed by atoms with Crippen molar-refractivity contribution >= 4 is 0 Å². The Balaban J connectivity index is 1.86. The summed E-state index contributed by atoms with van der Waals surface area (Å²) in [5, 5.41) is 3.35. The number of ether oxygens (including phenoxy) is 2. The normalized spacial score (nSPS) is 36.8. The molecule has 0 aromatic carbocycles. The summed E-state index contributed by atoms with van der Waals surface area (Å²) in [6.07, 6.45) is 1.18. The van der Waals surface area contributed by atoms with Crippen molar-refractivity contribution in [3.05, 3.63) is 0 Å². The molecular weight excluding hydrogens is 204 g/mol. The molecule has 0 aliphatic carbocycles. The van der Waals surface area contributed by atoms with Crippen LogP contribution < -0.4 is 5.32 Å². The minimum atomic E-state index is 0.528. The zero-order chi connectivity index (χ0) is 11.4. The first-order valence-corrected chi connectivity index (χ1v) is 6.42. The van der Waals surface area contributed by atoms with Crippen molar-refractivity contribution < 1.29 is 9.47 Å². The van der Waals surface area contributed by atoms with E-state index in [0.717, 1.165) is 39.5 Å². The van der Waals surface area contributed by atoms with Gasteiger partial charge < -0.3 is 14.8 Å². The third kappa shape index (κ3) is 2.74. The lowest BCUT2D eigenvalue weighted by Crippen LogP contribution is -2.49. The van der Waals surface area contributed by atoms with Crippen LogP contribution in [0.15, 0.2) is 0 Å². The molecule has 94 valence electrons. The van der Waals surface area contributed by atoms with Crippen molar-refractivity contribution in [3.63, 3.8) is 0 Å². The van der Waals surface area contributed by atoms with Crippen LogP contribution in [0.4, 0.5) is 0 Å². The van der Waals surface area contributed by atoms with Gasteiger partial charge in [-0.05, 0) is 13.5 Å². The fraction of sp³-hybridized carbons (Fsp3) is 1.00. The first kappa shape index (κ1) is 12.3. The van der Waals surface area contributed by atoms with Crippen LogP contribution in [0.1, 0.15) is 13.3 Å². The van der Waals surface area contributed by atoms with E-state index in [9.17, 15) is 0 Å². The van der Waals surface area contributed by atoms with Crippen LogP contribution in [0, 0.1) is 5.92 Å². The van der Waals surface area contributed by atoms with E-state index in [1.165, 1.54) is 6.42 Å². The first-order chi connectivity index (χ1) is 7.85. The standard InChI is InChI=1S/C12H24N2O2/c1-3-11-8-15-5-4-14(11)6-10-7-16-9-12(10)13-2/h10-13H,3-9H2,1-2H3. The summed E-state index contributed by atoms with van der Waals surface area (Å²) in [5.74, 6) is 0.636. The monoisotopic (exact) mass is 228 g/mol. The molecule has 2 rings (SSSR count). The summed E-state index contributed by atoms with van der Waals surface area (Å²) in [4.78, 5) is 2.58. The van der Waals surface area contributed by atoms with Crippen molar-refractivity contribution in [3.8, 4) is 0 Å². The lowest BCUT2D eigenvalue weighted by molar-refractivity contribution is -0.0168. The van der Waals surface area contributed by atoms with Crippen LogP contribution in [0.25, 0.3) is 0 Å². The van der Waals surface area contributed by atoms with Crippen molar-refractivity contribution in [2.24, 2.45) is 5.92 Å². The van der Waals surface area contributed by atoms with Crippen molar-refractivity contribution in [2.45, 2.75) is 25.4 Å². The second-order valence-electron chi connectivity index (χ2n) is 4.82. The molecule has 2 saturated heterocycles. The van der Waals surface area contributed by atoms with Gasteiger partial charge in [0.05, 0.1) is 26.4 Å². The second kappa shape index (κ2) is 5.96. The molecule has 3 unspecified atom stereocenters. The van der Waals surface area contributed by atoms with Crippen LogP contribution in [0.3, 0.4) is 0 Å². The van der Waals surface area contributed by atoms with Crippen LogP contribution in [-0.4, -0.2) is 63.5 Å². The van der Waals surface area contributed by atoms with Crippen LogP contribution >= 0.6 is 0 Å². The van der Waals surface area contributed by atoms with E-state index in [0.29, 0.717) is 18.0 Å². The average molecular weight is 228 g/mol. The Morgan fingerprint density at radius 2 is 2.12 bits per heavy atom. The Bertz CT molecular complexity index is 213. The highest BCUT2D eigenvalue weighted by molar-refractivity contribution is 4.85. The molecule has 0 radical (unpaired) electrons. The van der Waals surface area contributed by atoms with Gasteiger partial charge in [0.25, 0.3) is 0 Å². The van der Waals surface area contributed by atoms with Crippen LogP contribution in [0.5, 0.6) is 0 Å². The molecule has 2 heterocycles. The van der Waals surface area contributed by atoms with E-state index in [2.05, 4.69) is 17.1 Å². The first-order valence-electron chi connectivity index (χ1n) is 6.42. The van der Waals surface area contributed by atoms with Crippen LogP contribution in [-0.2, 0) is 9.47 Å². The number of hydrogen-bond donors (Lipinski definition) is 1. The molecule has 0 amide bonds. The maximum absolute atomic E-state index is 5.55. The maximum Gasteiger partial charge on any atom is 0.0623 e. The lowest BCUT2D eigenvalue weighted by atomic mass is 10.0. The Morgan fingerprint density at radius 1 is 1.25 bits per heavy atom. The topological polar surface area (TPSA) is 33.7 Å². The molecule has 1 N–H and O–H groups in total. The number of rotatable bonds is 4. The highest BCUT2D eigenvalue weighted by Crippen LogP contribution is 2.18. The Kier molecular flexibility index (Phi) is 4.58. The highest BCUT2D eigenvalue weighted by Gasteiger charge is 2.31. The molecule has 4 heteroatoms. The zero-order valence-corrected chi connectivity index (χ0v) is 10.4. The van der Waals surface area contributed by atoms with Gasteiger partial charge in [0.15, 0.2) is 0 Å². The molecule has 16 heavy (non-hydrogen) atoms. The van der Waals surface area contributed by atoms with Gasteiger partial charge in [-0.1, -0.05) is 6.92 Å². The van der Waals surface area contributed by atoms with Gasteiger partial charge in [0.1, 0.15) is 0 Å². The molecule has 0 spiro atoms. The number of nitrogens with one attached hydrogen (secondary N) is 1. The summed E-state index contributed by atoms with van der Waals surface area (Å²) in [6.45, 7) is 8.01. The van der Waals surface area contributed by atoms with E-state index in [-0.39, 0.29) is 0 Å². The molecule has 4 nitrogen and oxygen atoms in total. The Labute approximate surface area is 98.3 Å². The molecule has 0 aromatic heterocycles. The highest BCUT2D eigenvalue weighted by atomic mass is 16.5. The Hall–Kier alpha value is -0.160. The van der Waals surface area contributed by atoms with Crippen molar-refractivity contribution in [1.82, 2.24) is 10.2 Å². The lowest BCUT2D eigenvalue weighted by Gasteiger charge is -2.37. The average Bonchev–Trinajstić information content (AvgIpc) is 2.77. The molecule has 0 saturated carbocycles. The Morgan fingerprint density at radius 3 is 2.88 bits per heavy atom. The fourth-order valence-electron chi connectivity index (χ4n) is 2.70. The maximum atomic E-state index is 5.55. The third-order valence-corrected chi connectivity index (χ3v) is 3.86. The minimum Gasteiger partial charge on any atom is -0.379 e. The number of likely N-dealkylation sites (N-methyl/N-ethyl adjacent to an activating group) is 1. The minimum absolute atomic E-state index is 0.528. The largest absolute Gasteiger partial charge is 0.379 e. The summed E-state index contributed by atoms with van der Waals surface area (Å²) >= 11 is 0. The quantitative estimate of drug-likeness (QED) is 0.752. The third-order valence-electron chi connectivity index (χ3n) is 3.86. The van der Waals surface area contributed by atoms with Crippen molar-refractivity contribution in [2.75, 3.05) is 46.6 Å². The SMILES string of the molecule is CCC1COCCN1CC1COCC1NC. The zero-order valence-electron chi connectivity index (χ0n) is 10.4. The second-order valence-corrected chi connectivity index (χ2v) is 4.82. The number of hydrogen-bond acceptors (Lipinski definition) is 4. The predicted octanol–water partition coefficient (Wildman–Crippen LogP) is 0.332. The molecular formula is C12H24N2O2. The fourth-order valence-corrected chi connectivity index (χ4v) is 2.70. The van der Waals surface area contributed by atoms with E-state index in [4.69, 9.17) is 9.47 Å². The summed E-state index contributed by atoms with van der Waals surface area (Å²) in [5.41, 5.74) is 0. The van der Waals surface area contributed by atoms with E-state index in [1.807, 2.05) is 7.05 Å².